The van der Waals surface area contributed by atoms with Crippen molar-refractivity contribution in [1.29, 1.82) is 0 Å². The standard InChI is InChI=1S/C11H16BrN3O/c1-8(7-15(2)3)14-11(16)10-5-4-9(12)6-13-10/h4-6,8H,7H2,1-3H3,(H,14,16). The van der Waals surface area contributed by atoms with Crippen LogP contribution in [0.5, 0.6) is 0 Å². The Morgan fingerprint density at radius 3 is 2.75 bits per heavy atom. The van der Waals surface area contributed by atoms with Gasteiger partial charge in [0.15, 0.2) is 0 Å². The summed E-state index contributed by atoms with van der Waals surface area (Å²) < 4.78 is 0.866. The zero-order valence-corrected chi connectivity index (χ0v) is 11.3. The predicted octanol–water partition coefficient (Wildman–Crippen LogP) is 1.52. The van der Waals surface area contributed by atoms with Crippen LogP contribution in [0.1, 0.15) is 17.4 Å². The molecule has 1 amide bonds. The Balaban J connectivity index is 2.55. The van der Waals surface area contributed by atoms with Crippen molar-refractivity contribution >= 4 is 21.8 Å². The summed E-state index contributed by atoms with van der Waals surface area (Å²) >= 11 is 3.28. The molecule has 1 aromatic rings. The summed E-state index contributed by atoms with van der Waals surface area (Å²) in [6, 6.07) is 3.60. The summed E-state index contributed by atoms with van der Waals surface area (Å²) in [5.74, 6) is -0.137. The number of aromatic nitrogens is 1. The van der Waals surface area contributed by atoms with Gasteiger partial charge in [0.2, 0.25) is 0 Å². The summed E-state index contributed by atoms with van der Waals surface area (Å²) in [6.07, 6.45) is 1.62. The van der Waals surface area contributed by atoms with Gasteiger partial charge in [-0.3, -0.25) is 4.79 Å². The lowest BCUT2D eigenvalue weighted by atomic mass is 10.3. The number of amides is 1. The second-order valence-electron chi connectivity index (χ2n) is 4.00. The highest BCUT2D eigenvalue weighted by molar-refractivity contribution is 9.10. The van der Waals surface area contributed by atoms with Crippen LogP contribution < -0.4 is 5.32 Å². The Kier molecular flexibility index (Phi) is 4.89. The topological polar surface area (TPSA) is 45.2 Å². The zero-order chi connectivity index (χ0) is 12.1. The summed E-state index contributed by atoms with van der Waals surface area (Å²) in [4.78, 5) is 17.8. The van der Waals surface area contributed by atoms with Crippen LogP contribution in [-0.4, -0.2) is 42.5 Å². The Hall–Kier alpha value is -0.940. The SMILES string of the molecule is CC(CN(C)C)NC(=O)c1ccc(Br)cn1. The predicted molar refractivity (Wildman–Crippen MR) is 67.4 cm³/mol. The molecule has 16 heavy (non-hydrogen) atoms. The average Bonchev–Trinajstić information content (AvgIpc) is 2.16. The van der Waals surface area contributed by atoms with Crippen molar-refractivity contribution in [3.05, 3.63) is 28.5 Å². The molecule has 0 saturated heterocycles. The molecule has 1 N–H and O–H groups in total. The van der Waals surface area contributed by atoms with Gasteiger partial charge in [-0.15, -0.1) is 0 Å². The first-order valence-corrected chi connectivity index (χ1v) is 5.85. The summed E-state index contributed by atoms with van der Waals surface area (Å²) in [5.41, 5.74) is 0.439. The first-order chi connectivity index (χ1) is 7.49. The van der Waals surface area contributed by atoms with E-state index in [0.717, 1.165) is 11.0 Å². The second kappa shape index (κ2) is 5.96. The number of nitrogens with one attached hydrogen (secondary N) is 1. The van der Waals surface area contributed by atoms with Crippen LogP contribution in [0.3, 0.4) is 0 Å². The van der Waals surface area contributed by atoms with Crippen LogP contribution in [0.4, 0.5) is 0 Å². The molecule has 4 nitrogen and oxygen atoms in total. The molecular weight excluding hydrogens is 270 g/mol. The van der Waals surface area contributed by atoms with Gasteiger partial charge in [0.05, 0.1) is 0 Å². The third-order valence-electron chi connectivity index (χ3n) is 1.98. The van der Waals surface area contributed by atoms with E-state index in [4.69, 9.17) is 0 Å². The van der Waals surface area contributed by atoms with Crippen molar-refractivity contribution < 1.29 is 4.79 Å². The van der Waals surface area contributed by atoms with Crippen molar-refractivity contribution in [1.82, 2.24) is 15.2 Å². The maximum absolute atomic E-state index is 11.7. The lowest BCUT2D eigenvalue weighted by Crippen LogP contribution is -2.39. The molecule has 0 aliphatic rings. The number of carbonyl (C=O) groups is 1. The van der Waals surface area contributed by atoms with Gasteiger partial charge in [0.25, 0.3) is 5.91 Å². The van der Waals surface area contributed by atoms with Gasteiger partial charge in [-0.1, -0.05) is 0 Å². The fraction of sp³-hybridized carbons (Fsp3) is 0.455. The maximum atomic E-state index is 11.7. The van der Waals surface area contributed by atoms with E-state index in [-0.39, 0.29) is 11.9 Å². The van der Waals surface area contributed by atoms with E-state index < -0.39 is 0 Å². The molecule has 1 heterocycles. The minimum atomic E-state index is -0.137. The molecule has 1 rings (SSSR count). The molecule has 0 aromatic carbocycles. The van der Waals surface area contributed by atoms with Gasteiger partial charge in [0, 0.05) is 23.3 Å². The van der Waals surface area contributed by atoms with Crippen LogP contribution in [0, 0.1) is 0 Å². The normalized spacial score (nSPS) is 12.6. The van der Waals surface area contributed by atoms with E-state index in [0.29, 0.717) is 5.69 Å². The highest BCUT2D eigenvalue weighted by Gasteiger charge is 2.11. The second-order valence-corrected chi connectivity index (χ2v) is 4.91. The summed E-state index contributed by atoms with van der Waals surface area (Å²) in [6.45, 7) is 2.78. The number of halogens is 1. The van der Waals surface area contributed by atoms with Gasteiger partial charge in [-0.25, -0.2) is 4.98 Å². The number of hydrogen-bond acceptors (Lipinski definition) is 3. The fourth-order valence-corrected chi connectivity index (χ4v) is 1.64. The maximum Gasteiger partial charge on any atom is 0.270 e. The van der Waals surface area contributed by atoms with Crippen molar-refractivity contribution in [3.63, 3.8) is 0 Å². The molecule has 5 heteroatoms. The fourth-order valence-electron chi connectivity index (χ4n) is 1.40. The molecule has 0 saturated carbocycles. The summed E-state index contributed by atoms with van der Waals surface area (Å²) in [7, 11) is 3.95. The average molecular weight is 286 g/mol. The van der Waals surface area contributed by atoms with Gasteiger partial charge in [-0.05, 0) is 49.1 Å². The molecule has 0 radical (unpaired) electrons. The van der Waals surface area contributed by atoms with Crippen molar-refractivity contribution in [2.45, 2.75) is 13.0 Å². The van der Waals surface area contributed by atoms with Crippen molar-refractivity contribution in [2.24, 2.45) is 0 Å². The molecule has 1 atom stereocenters. The Morgan fingerprint density at radius 2 is 2.25 bits per heavy atom. The minimum Gasteiger partial charge on any atom is -0.347 e. The van der Waals surface area contributed by atoms with E-state index >= 15 is 0 Å². The number of nitrogens with zero attached hydrogens (tertiary/aromatic N) is 2. The highest BCUT2D eigenvalue weighted by Crippen LogP contribution is 2.07. The number of rotatable bonds is 4. The molecule has 0 aliphatic carbocycles. The van der Waals surface area contributed by atoms with E-state index in [2.05, 4.69) is 26.2 Å². The molecule has 0 bridgehead atoms. The largest absolute Gasteiger partial charge is 0.347 e. The smallest absolute Gasteiger partial charge is 0.270 e. The molecule has 1 unspecified atom stereocenters. The Morgan fingerprint density at radius 1 is 1.56 bits per heavy atom. The highest BCUT2D eigenvalue weighted by atomic mass is 79.9. The summed E-state index contributed by atoms with van der Waals surface area (Å²) in [5, 5.41) is 2.89. The third kappa shape index (κ3) is 4.28. The number of likely N-dealkylation sites (N-methyl/N-ethyl adjacent to an activating group) is 1. The minimum absolute atomic E-state index is 0.105. The van der Waals surface area contributed by atoms with Crippen molar-refractivity contribution in [2.75, 3.05) is 20.6 Å². The first-order valence-electron chi connectivity index (χ1n) is 5.06. The van der Waals surface area contributed by atoms with E-state index in [1.165, 1.54) is 0 Å². The monoisotopic (exact) mass is 285 g/mol. The van der Waals surface area contributed by atoms with Gasteiger partial charge in [-0.2, -0.15) is 0 Å². The quantitative estimate of drug-likeness (QED) is 0.913. The van der Waals surface area contributed by atoms with Crippen LogP contribution in [0.25, 0.3) is 0 Å². The number of pyridine rings is 1. The Bertz CT molecular complexity index is 351. The molecule has 0 aliphatic heterocycles. The van der Waals surface area contributed by atoms with E-state index in [1.807, 2.05) is 25.9 Å². The first kappa shape index (κ1) is 13.1. The lowest BCUT2D eigenvalue weighted by molar-refractivity contribution is 0.0929. The van der Waals surface area contributed by atoms with Crippen LogP contribution in [-0.2, 0) is 0 Å². The zero-order valence-electron chi connectivity index (χ0n) is 9.70. The van der Waals surface area contributed by atoms with Crippen LogP contribution in [0.2, 0.25) is 0 Å². The van der Waals surface area contributed by atoms with Gasteiger partial charge < -0.3 is 10.2 Å². The molecule has 0 spiro atoms. The molecule has 88 valence electrons. The third-order valence-corrected chi connectivity index (χ3v) is 2.45. The van der Waals surface area contributed by atoms with E-state index in [1.54, 1.807) is 18.3 Å². The lowest BCUT2D eigenvalue weighted by Gasteiger charge is -2.17. The van der Waals surface area contributed by atoms with Gasteiger partial charge in [0.1, 0.15) is 5.69 Å². The Labute approximate surface area is 104 Å². The molecule has 1 aromatic heterocycles. The van der Waals surface area contributed by atoms with Crippen molar-refractivity contribution in [3.8, 4) is 0 Å². The number of hydrogen-bond donors (Lipinski definition) is 1. The van der Waals surface area contributed by atoms with Crippen LogP contribution in [0.15, 0.2) is 22.8 Å². The van der Waals surface area contributed by atoms with E-state index in [9.17, 15) is 4.79 Å². The van der Waals surface area contributed by atoms with Gasteiger partial charge >= 0.3 is 0 Å². The molecule has 0 fully saturated rings. The van der Waals surface area contributed by atoms with Crippen LogP contribution >= 0.6 is 15.9 Å². The number of carbonyl (C=O) groups excluding carboxylic acids is 1. The molecular formula is C11H16BrN3O.